The maximum Gasteiger partial charge on any atom is 0.417 e. The lowest BCUT2D eigenvalue weighted by Gasteiger charge is -2.30. The van der Waals surface area contributed by atoms with Crippen LogP contribution < -0.4 is 4.90 Å². The molecule has 1 aromatic rings. The Morgan fingerprint density at radius 2 is 1.94 bits per heavy atom. The fourth-order valence-electron chi connectivity index (χ4n) is 1.80. The predicted molar refractivity (Wildman–Crippen MR) is 57.0 cm³/mol. The average molecular weight is 246 g/mol. The molecule has 1 aliphatic heterocycles. The van der Waals surface area contributed by atoms with Crippen molar-refractivity contribution in [1.82, 2.24) is 4.98 Å². The summed E-state index contributed by atoms with van der Waals surface area (Å²) in [5, 5.41) is 0. The highest BCUT2D eigenvalue weighted by molar-refractivity contribution is 5.52. The van der Waals surface area contributed by atoms with E-state index in [9.17, 15) is 13.2 Å². The van der Waals surface area contributed by atoms with Crippen LogP contribution in [0, 0.1) is 6.92 Å². The van der Waals surface area contributed by atoms with Gasteiger partial charge in [-0.05, 0) is 13.0 Å². The van der Waals surface area contributed by atoms with Gasteiger partial charge in [-0.2, -0.15) is 13.2 Å². The molecule has 1 aromatic heterocycles. The topological polar surface area (TPSA) is 25.4 Å². The van der Waals surface area contributed by atoms with Crippen LogP contribution in [0.25, 0.3) is 0 Å². The van der Waals surface area contributed by atoms with Crippen molar-refractivity contribution in [1.29, 1.82) is 0 Å². The van der Waals surface area contributed by atoms with E-state index in [1.807, 2.05) is 4.90 Å². The molecule has 0 spiro atoms. The lowest BCUT2D eigenvalue weighted by atomic mass is 10.2. The van der Waals surface area contributed by atoms with Crippen molar-refractivity contribution in [3.05, 3.63) is 23.5 Å². The molecule has 0 radical (unpaired) electrons. The lowest BCUT2D eigenvalue weighted by Crippen LogP contribution is -2.37. The number of nitrogens with zero attached hydrogens (tertiary/aromatic N) is 2. The van der Waals surface area contributed by atoms with Gasteiger partial charge in [0.1, 0.15) is 0 Å². The third-order valence-corrected chi connectivity index (χ3v) is 2.74. The summed E-state index contributed by atoms with van der Waals surface area (Å²) in [4.78, 5) is 5.69. The van der Waals surface area contributed by atoms with Crippen molar-refractivity contribution in [3.8, 4) is 0 Å². The zero-order chi connectivity index (χ0) is 12.5. The molecule has 0 amide bonds. The molecule has 0 unspecified atom stereocenters. The molecule has 1 fully saturated rings. The van der Waals surface area contributed by atoms with Gasteiger partial charge >= 0.3 is 6.18 Å². The number of aromatic nitrogens is 1. The van der Waals surface area contributed by atoms with E-state index < -0.39 is 11.7 Å². The minimum absolute atomic E-state index is 0.537. The number of pyridine rings is 1. The summed E-state index contributed by atoms with van der Waals surface area (Å²) in [5.74, 6) is 0. The fraction of sp³-hybridized carbons (Fsp3) is 0.545. The van der Waals surface area contributed by atoms with Crippen LogP contribution in [-0.2, 0) is 10.9 Å². The zero-order valence-electron chi connectivity index (χ0n) is 9.42. The van der Waals surface area contributed by atoms with Crippen LogP contribution in [0.1, 0.15) is 11.3 Å². The van der Waals surface area contributed by atoms with E-state index in [2.05, 4.69) is 4.98 Å². The van der Waals surface area contributed by atoms with Crippen LogP contribution >= 0.6 is 0 Å². The molecule has 1 saturated heterocycles. The molecule has 0 aromatic carbocycles. The summed E-state index contributed by atoms with van der Waals surface area (Å²) in [6, 6.07) is 1.16. The SMILES string of the molecule is Cc1ncc(C(F)(F)F)cc1N1CCOCC1. The molecule has 3 nitrogen and oxygen atoms in total. The maximum absolute atomic E-state index is 12.6. The van der Waals surface area contributed by atoms with E-state index in [0.29, 0.717) is 37.7 Å². The highest BCUT2D eigenvalue weighted by atomic mass is 19.4. The zero-order valence-corrected chi connectivity index (χ0v) is 9.42. The smallest absolute Gasteiger partial charge is 0.378 e. The number of alkyl halides is 3. The monoisotopic (exact) mass is 246 g/mol. The van der Waals surface area contributed by atoms with Gasteiger partial charge < -0.3 is 9.64 Å². The van der Waals surface area contributed by atoms with Gasteiger partial charge in [0.05, 0.1) is 30.2 Å². The van der Waals surface area contributed by atoms with Gasteiger partial charge in [0.15, 0.2) is 0 Å². The standard InChI is InChI=1S/C11H13F3N2O/c1-8-10(16-2-4-17-5-3-16)6-9(7-15-8)11(12,13)14/h6-7H,2-5H2,1H3. The number of halogens is 3. The molecule has 17 heavy (non-hydrogen) atoms. The van der Waals surface area contributed by atoms with Crippen molar-refractivity contribution in [3.63, 3.8) is 0 Å². The third-order valence-electron chi connectivity index (χ3n) is 2.74. The van der Waals surface area contributed by atoms with Crippen molar-refractivity contribution in [2.45, 2.75) is 13.1 Å². The molecule has 0 saturated carbocycles. The minimum atomic E-state index is -4.35. The molecule has 1 aliphatic rings. The normalized spacial score (nSPS) is 17.3. The van der Waals surface area contributed by atoms with Gasteiger partial charge in [0.25, 0.3) is 0 Å². The van der Waals surface area contributed by atoms with Crippen LogP contribution in [-0.4, -0.2) is 31.3 Å². The molecule has 0 aliphatic carbocycles. The van der Waals surface area contributed by atoms with Crippen molar-refractivity contribution >= 4 is 5.69 Å². The van der Waals surface area contributed by atoms with Crippen LogP contribution in [0.3, 0.4) is 0 Å². The molecule has 0 atom stereocenters. The van der Waals surface area contributed by atoms with Crippen molar-refractivity contribution in [2.75, 3.05) is 31.2 Å². The average Bonchev–Trinajstić information content (AvgIpc) is 2.29. The van der Waals surface area contributed by atoms with Crippen molar-refractivity contribution in [2.24, 2.45) is 0 Å². The van der Waals surface area contributed by atoms with Crippen LogP contribution in [0.2, 0.25) is 0 Å². The second-order valence-corrected chi connectivity index (χ2v) is 3.93. The molecule has 94 valence electrons. The number of morpholine rings is 1. The summed E-state index contributed by atoms with van der Waals surface area (Å²) < 4.78 is 42.9. The Morgan fingerprint density at radius 3 is 2.53 bits per heavy atom. The molecule has 6 heteroatoms. The van der Waals surface area contributed by atoms with Gasteiger partial charge in [-0.15, -0.1) is 0 Å². The largest absolute Gasteiger partial charge is 0.417 e. The number of aryl methyl sites for hydroxylation is 1. The number of hydrogen-bond donors (Lipinski definition) is 0. The molecule has 2 heterocycles. The summed E-state index contributed by atoms with van der Waals surface area (Å²) in [6.45, 7) is 3.99. The van der Waals surface area contributed by atoms with E-state index in [0.717, 1.165) is 12.3 Å². The Hall–Kier alpha value is -1.30. The van der Waals surface area contributed by atoms with Gasteiger partial charge in [-0.3, -0.25) is 4.98 Å². The highest BCUT2D eigenvalue weighted by Crippen LogP contribution is 2.32. The van der Waals surface area contributed by atoms with Crippen molar-refractivity contribution < 1.29 is 17.9 Å². The Kier molecular flexibility index (Phi) is 3.24. The molecular weight excluding hydrogens is 233 g/mol. The van der Waals surface area contributed by atoms with E-state index in [1.54, 1.807) is 6.92 Å². The molecule has 0 bridgehead atoms. The minimum Gasteiger partial charge on any atom is -0.378 e. The predicted octanol–water partition coefficient (Wildman–Crippen LogP) is 2.25. The van der Waals surface area contributed by atoms with Crippen LogP contribution in [0.5, 0.6) is 0 Å². The molecular formula is C11H13F3N2O. The number of rotatable bonds is 1. The van der Waals surface area contributed by atoms with Gasteiger partial charge in [0, 0.05) is 19.3 Å². The third kappa shape index (κ3) is 2.69. The first-order valence-corrected chi connectivity index (χ1v) is 5.35. The van der Waals surface area contributed by atoms with E-state index in [1.165, 1.54) is 0 Å². The number of anilines is 1. The summed E-state index contributed by atoms with van der Waals surface area (Å²) >= 11 is 0. The van der Waals surface area contributed by atoms with Crippen LogP contribution in [0.4, 0.5) is 18.9 Å². The highest BCUT2D eigenvalue weighted by Gasteiger charge is 2.32. The Bertz CT molecular complexity index is 400. The summed E-state index contributed by atoms with van der Waals surface area (Å²) in [7, 11) is 0. The first kappa shape index (κ1) is 12.2. The number of ether oxygens (including phenoxy) is 1. The Balaban J connectivity index is 2.31. The van der Waals surface area contributed by atoms with E-state index in [4.69, 9.17) is 4.74 Å². The Labute approximate surface area is 97.2 Å². The van der Waals surface area contributed by atoms with Crippen LogP contribution in [0.15, 0.2) is 12.3 Å². The summed E-state index contributed by atoms with van der Waals surface area (Å²) in [5.41, 5.74) is 0.451. The second kappa shape index (κ2) is 4.52. The number of hydrogen-bond acceptors (Lipinski definition) is 3. The van der Waals surface area contributed by atoms with Gasteiger partial charge in [-0.1, -0.05) is 0 Å². The quantitative estimate of drug-likeness (QED) is 0.760. The maximum atomic E-state index is 12.6. The Morgan fingerprint density at radius 1 is 1.29 bits per heavy atom. The molecule has 2 rings (SSSR count). The summed E-state index contributed by atoms with van der Waals surface area (Å²) in [6.07, 6.45) is -3.47. The first-order chi connectivity index (χ1) is 7.98. The molecule has 0 N–H and O–H groups in total. The van der Waals surface area contributed by atoms with E-state index >= 15 is 0 Å². The lowest BCUT2D eigenvalue weighted by molar-refractivity contribution is -0.137. The first-order valence-electron chi connectivity index (χ1n) is 5.35. The fourth-order valence-corrected chi connectivity index (χ4v) is 1.80. The van der Waals surface area contributed by atoms with Gasteiger partial charge in [-0.25, -0.2) is 0 Å². The second-order valence-electron chi connectivity index (χ2n) is 3.93. The van der Waals surface area contributed by atoms with E-state index in [-0.39, 0.29) is 0 Å². The van der Waals surface area contributed by atoms with Gasteiger partial charge in [0.2, 0.25) is 0 Å².